The van der Waals surface area contributed by atoms with E-state index in [2.05, 4.69) is 25.6 Å². The monoisotopic (exact) mass is 426 g/mol. The van der Waals surface area contributed by atoms with E-state index in [1.807, 2.05) is 0 Å². The standard InChI is InChI=1S/C20H20FN7O3/c1-20(2,3)31-19(30)25-18(23-11-22)14-9-8-13(24-14)17(29)15-10-28(27-26-15)16-7-5-4-6-12(16)21/h4-11H,1-3H3,(H3,22,23,24,25,29,30)/p+1. The number of para-hydroxylation sites is 1. The lowest BCUT2D eigenvalue weighted by atomic mass is 10.2. The van der Waals surface area contributed by atoms with Crippen molar-refractivity contribution in [1.29, 1.82) is 5.41 Å². The lowest BCUT2D eigenvalue weighted by Crippen LogP contribution is -2.37. The van der Waals surface area contributed by atoms with Gasteiger partial charge in [-0.1, -0.05) is 17.3 Å². The minimum atomic E-state index is -0.756. The van der Waals surface area contributed by atoms with E-state index in [1.165, 1.54) is 35.1 Å². The molecule has 2 heterocycles. The number of aromatic amines is 2. The maximum absolute atomic E-state index is 13.9. The van der Waals surface area contributed by atoms with Crippen LogP contribution in [-0.2, 0) is 4.74 Å². The van der Waals surface area contributed by atoms with Crippen LogP contribution in [0.3, 0.4) is 0 Å². The van der Waals surface area contributed by atoms with Crippen molar-refractivity contribution >= 4 is 24.1 Å². The number of amidine groups is 1. The Morgan fingerprint density at radius 2 is 1.94 bits per heavy atom. The molecule has 0 aliphatic carbocycles. The first-order valence-electron chi connectivity index (χ1n) is 9.21. The largest absolute Gasteiger partial charge is 0.444 e. The number of amides is 1. The summed E-state index contributed by atoms with van der Waals surface area (Å²) >= 11 is 0. The fourth-order valence-electron chi connectivity index (χ4n) is 2.61. The van der Waals surface area contributed by atoms with Crippen molar-refractivity contribution in [1.82, 2.24) is 20.6 Å². The van der Waals surface area contributed by atoms with E-state index in [0.29, 0.717) is 0 Å². The van der Waals surface area contributed by atoms with Crippen LogP contribution in [0, 0.1) is 11.2 Å². The van der Waals surface area contributed by atoms with Crippen molar-refractivity contribution in [2.24, 2.45) is 4.99 Å². The first kappa shape index (κ1) is 21.6. The second-order valence-corrected chi connectivity index (χ2v) is 7.40. The Kier molecular flexibility index (Phi) is 6.05. The van der Waals surface area contributed by atoms with Crippen molar-refractivity contribution in [2.45, 2.75) is 26.4 Å². The van der Waals surface area contributed by atoms with Gasteiger partial charge >= 0.3 is 6.09 Å². The lowest BCUT2D eigenvalue weighted by Gasteiger charge is -2.19. The molecule has 0 aliphatic heterocycles. The van der Waals surface area contributed by atoms with Crippen molar-refractivity contribution in [3.8, 4) is 5.69 Å². The zero-order valence-corrected chi connectivity index (χ0v) is 17.1. The Morgan fingerprint density at radius 3 is 2.61 bits per heavy atom. The predicted octanol–water partition coefficient (Wildman–Crippen LogP) is 2.26. The van der Waals surface area contributed by atoms with Crippen LogP contribution in [-0.4, -0.2) is 44.9 Å². The zero-order valence-electron chi connectivity index (χ0n) is 17.1. The number of benzene rings is 1. The van der Waals surface area contributed by atoms with Crippen LogP contribution < -0.4 is 10.00 Å². The Hall–Kier alpha value is -4.15. The number of ether oxygens (including phenoxy) is 1. The number of carbonyl (C=O) groups excluding carboxylic acids is 2. The molecule has 1 aromatic carbocycles. The Labute approximate surface area is 176 Å². The van der Waals surface area contributed by atoms with E-state index in [-0.39, 0.29) is 28.6 Å². The molecule has 160 valence electrons. The highest BCUT2D eigenvalue weighted by atomic mass is 19.1. The highest BCUT2D eigenvalue weighted by molar-refractivity contribution is 6.10. The van der Waals surface area contributed by atoms with Crippen LogP contribution in [0.5, 0.6) is 0 Å². The third-order valence-corrected chi connectivity index (χ3v) is 3.87. The number of aromatic nitrogens is 4. The number of nitrogens with one attached hydrogen (secondary N) is 4. The van der Waals surface area contributed by atoms with Crippen LogP contribution in [0.2, 0.25) is 0 Å². The molecule has 0 atom stereocenters. The molecule has 0 saturated carbocycles. The summed E-state index contributed by atoms with van der Waals surface area (Å²) in [7, 11) is 0. The number of alkyl carbamates (subject to hydrolysis) is 1. The van der Waals surface area contributed by atoms with Crippen LogP contribution in [0.4, 0.5) is 9.18 Å². The average Bonchev–Trinajstić information content (AvgIpc) is 3.36. The number of rotatable bonds is 5. The summed E-state index contributed by atoms with van der Waals surface area (Å²) in [6, 6.07) is 9.05. The summed E-state index contributed by atoms with van der Waals surface area (Å²) < 4.78 is 20.4. The van der Waals surface area contributed by atoms with Gasteiger partial charge in [0.1, 0.15) is 11.9 Å². The third kappa shape index (κ3) is 5.26. The number of nitrogens with zero attached hydrogens (tertiary/aromatic N) is 3. The van der Waals surface area contributed by atoms with Gasteiger partial charge in [-0.25, -0.2) is 14.2 Å². The Balaban J connectivity index is 1.80. The van der Waals surface area contributed by atoms with E-state index in [4.69, 9.17) is 10.1 Å². The third-order valence-electron chi connectivity index (χ3n) is 3.87. The minimum Gasteiger partial charge on any atom is -0.444 e. The molecule has 0 aliphatic rings. The SMILES string of the molecule is CC(C)(C)OC(=O)NC(=NC=N)c1ccc(C(=O)c2c[n+](-c3ccccc3F)[nH]n2)[nH]1. The van der Waals surface area contributed by atoms with Crippen LogP contribution >= 0.6 is 0 Å². The summed E-state index contributed by atoms with van der Waals surface area (Å²) in [6.45, 7) is 5.13. The van der Waals surface area contributed by atoms with Gasteiger partial charge < -0.3 is 9.72 Å². The van der Waals surface area contributed by atoms with Crippen molar-refractivity contribution in [3.63, 3.8) is 0 Å². The molecule has 31 heavy (non-hydrogen) atoms. The fraction of sp³-hybridized carbons (Fsp3) is 0.200. The number of halogens is 1. The van der Waals surface area contributed by atoms with Crippen LogP contribution in [0.25, 0.3) is 5.69 Å². The first-order chi connectivity index (χ1) is 14.7. The number of hydrogen-bond donors (Lipinski definition) is 4. The quantitative estimate of drug-likeness (QED) is 0.215. The number of aliphatic imine (C=N–C) groups is 1. The molecule has 0 spiro atoms. The van der Waals surface area contributed by atoms with Crippen molar-refractivity contribution < 1.29 is 23.4 Å². The highest BCUT2D eigenvalue weighted by Crippen LogP contribution is 2.11. The van der Waals surface area contributed by atoms with Gasteiger partial charge in [-0.2, -0.15) is 0 Å². The molecule has 11 heteroatoms. The van der Waals surface area contributed by atoms with Gasteiger partial charge in [-0.15, -0.1) is 4.68 Å². The molecular weight excluding hydrogens is 405 g/mol. The Morgan fingerprint density at radius 1 is 1.23 bits per heavy atom. The van der Waals surface area contributed by atoms with Gasteiger partial charge in [-0.3, -0.25) is 15.5 Å². The molecule has 10 nitrogen and oxygen atoms in total. The molecular formula is C20H21FN7O3+. The van der Waals surface area contributed by atoms with Gasteiger partial charge in [-0.05, 0) is 45.0 Å². The summed E-state index contributed by atoms with van der Waals surface area (Å²) in [5, 5.41) is 16.2. The molecule has 1 amide bonds. The maximum atomic E-state index is 13.9. The molecule has 0 bridgehead atoms. The van der Waals surface area contributed by atoms with E-state index in [9.17, 15) is 14.0 Å². The minimum absolute atomic E-state index is 0.00625. The Bertz CT molecular complexity index is 1160. The van der Waals surface area contributed by atoms with E-state index in [1.54, 1.807) is 32.9 Å². The molecule has 0 unspecified atom stereocenters. The number of ketones is 1. The molecule has 3 rings (SSSR count). The molecule has 0 radical (unpaired) electrons. The summed E-state index contributed by atoms with van der Waals surface area (Å²) in [5.74, 6) is -0.936. The molecule has 4 N–H and O–H groups in total. The number of hydrogen-bond acceptors (Lipinski definition) is 5. The average molecular weight is 426 g/mol. The highest BCUT2D eigenvalue weighted by Gasteiger charge is 2.24. The van der Waals surface area contributed by atoms with Gasteiger partial charge in [0.25, 0.3) is 11.5 Å². The van der Waals surface area contributed by atoms with Crippen LogP contribution in [0.1, 0.15) is 42.6 Å². The first-order valence-corrected chi connectivity index (χ1v) is 9.21. The molecule has 3 aromatic rings. The summed E-state index contributed by atoms with van der Waals surface area (Å²) in [6.07, 6.45) is 1.36. The van der Waals surface area contributed by atoms with Crippen molar-refractivity contribution in [3.05, 3.63) is 65.5 Å². The second-order valence-electron chi connectivity index (χ2n) is 7.40. The predicted molar refractivity (Wildman–Crippen MR) is 109 cm³/mol. The van der Waals surface area contributed by atoms with Gasteiger partial charge in [0.2, 0.25) is 0 Å². The van der Waals surface area contributed by atoms with Crippen molar-refractivity contribution in [2.75, 3.05) is 0 Å². The van der Waals surface area contributed by atoms with E-state index in [0.717, 1.165) is 6.34 Å². The normalized spacial score (nSPS) is 11.8. The smallest absolute Gasteiger partial charge is 0.413 e. The maximum Gasteiger partial charge on any atom is 0.413 e. The van der Waals surface area contributed by atoms with Gasteiger partial charge in [0.15, 0.2) is 23.5 Å². The summed E-state index contributed by atoms with van der Waals surface area (Å²) in [4.78, 5) is 31.4. The molecule has 0 saturated heterocycles. The van der Waals surface area contributed by atoms with E-state index < -0.39 is 23.3 Å². The number of carbonyl (C=O) groups is 2. The topological polar surface area (TPSA) is 140 Å². The number of H-pyrrole nitrogens is 2. The van der Waals surface area contributed by atoms with Gasteiger partial charge in [0, 0.05) is 5.10 Å². The molecule has 2 aromatic heterocycles. The molecule has 0 fully saturated rings. The van der Waals surface area contributed by atoms with Gasteiger partial charge in [0.05, 0.1) is 11.4 Å². The lowest BCUT2D eigenvalue weighted by molar-refractivity contribution is -0.661. The second kappa shape index (κ2) is 8.69. The van der Waals surface area contributed by atoms with E-state index >= 15 is 0 Å². The zero-order chi connectivity index (χ0) is 22.6. The fourth-order valence-corrected chi connectivity index (χ4v) is 2.61. The van der Waals surface area contributed by atoms with Crippen LogP contribution in [0.15, 0.2) is 47.6 Å². The summed E-state index contributed by atoms with van der Waals surface area (Å²) in [5.41, 5.74) is -0.0174.